The number of rotatable bonds is 2. The molecule has 0 bridgehead atoms. The minimum absolute atomic E-state index is 0.191. The molecule has 1 aliphatic rings. The average Bonchev–Trinajstić information content (AvgIpc) is 2.11. The summed E-state index contributed by atoms with van der Waals surface area (Å²) in [7, 11) is -1.03. The van der Waals surface area contributed by atoms with Crippen molar-refractivity contribution in [3.63, 3.8) is 0 Å². The van der Waals surface area contributed by atoms with Crippen LogP contribution < -0.4 is 4.65 Å². The Bertz CT molecular complexity index is 335. The van der Waals surface area contributed by atoms with E-state index >= 15 is 0 Å². The number of halogens is 3. The van der Waals surface area contributed by atoms with E-state index in [2.05, 4.69) is 14.6 Å². The van der Waals surface area contributed by atoms with E-state index in [0.29, 0.717) is 0 Å². The average molecular weight is 220 g/mol. The van der Waals surface area contributed by atoms with E-state index in [1.54, 1.807) is 0 Å². The van der Waals surface area contributed by atoms with Crippen LogP contribution in [0, 0.1) is 0 Å². The van der Waals surface area contributed by atoms with Gasteiger partial charge in [-0.25, -0.2) is 0 Å². The number of benzene rings is 1. The van der Waals surface area contributed by atoms with Gasteiger partial charge in [-0.05, 0) is 24.3 Å². The molecule has 0 unspecified atom stereocenters. The van der Waals surface area contributed by atoms with Crippen LogP contribution in [0.5, 0.6) is 5.75 Å². The normalized spacial score (nSPS) is 16.1. The molecule has 0 atom stereocenters. The molecule has 1 aromatic rings. The van der Waals surface area contributed by atoms with Gasteiger partial charge in [-0.3, -0.25) is 0 Å². The van der Waals surface area contributed by atoms with Crippen molar-refractivity contribution in [1.82, 2.24) is 0 Å². The fourth-order valence-corrected chi connectivity index (χ4v) is 0.944. The van der Waals surface area contributed by atoms with E-state index in [-0.39, 0.29) is 5.75 Å². The highest BCUT2D eigenvalue weighted by Crippen LogP contribution is 2.30. The molecule has 8 heteroatoms. The fourth-order valence-electron chi connectivity index (χ4n) is 0.944. The van der Waals surface area contributed by atoms with Crippen LogP contribution >= 0.6 is 0 Å². The maximum atomic E-state index is 12.1. The molecule has 0 saturated carbocycles. The van der Waals surface area contributed by atoms with E-state index in [1.807, 2.05) is 0 Å². The van der Waals surface area contributed by atoms with Gasteiger partial charge in [0.05, 0.1) is 5.56 Å². The third-order valence-corrected chi connectivity index (χ3v) is 1.65. The van der Waals surface area contributed by atoms with Crippen LogP contribution in [0.25, 0.3) is 0 Å². The third kappa shape index (κ3) is 2.41. The lowest BCUT2D eigenvalue weighted by atomic mass is 10.2. The number of hydrogen-bond donors (Lipinski definition) is 0. The topological polar surface area (TPSA) is 36.9 Å². The molecule has 2 rings (SSSR count). The van der Waals surface area contributed by atoms with Gasteiger partial charge in [-0.15, -0.1) is 0 Å². The van der Waals surface area contributed by atoms with E-state index in [1.165, 1.54) is 0 Å². The first-order chi connectivity index (χ1) is 7.05. The Labute approximate surface area is 82.5 Å². The molecule has 1 aliphatic heterocycles. The minimum atomic E-state index is -4.36. The predicted molar refractivity (Wildman–Crippen MR) is 41.1 cm³/mol. The van der Waals surface area contributed by atoms with Crippen LogP contribution in [0.3, 0.4) is 0 Å². The summed E-state index contributed by atoms with van der Waals surface area (Å²) >= 11 is 0. The highest BCUT2D eigenvalue weighted by atomic mass is 19.4. The summed E-state index contributed by atoms with van der Waals surface area (Å²) < 4.78 is 41.3. The van der Waals surface area contributed by atoms with Crippen molar-refractivity contribution in [1.29, 1.82) is 0 Å². The quantitative estimate of drug-likeness (QED) is 0.563. The van der Waals surface area contributed by atoms with Gasteiger partial charge in [-0.2, -0.15) is 22.8 Å². The van der Waals surface area contributed by atoms with Crippen molar-refractivity contribution in [3.05, 3.63) is 29.8 Å². The van der Waals surface area contributed by atoms with Crippen molar-refractivity contribution >= 4 is 7.32 Å². The molecule has 1 fully saturated rings. The van der Waals surface area contributed by atoms with E-state index in [9.17, 15) is 13.2 Å². The fraction of sp³-hybridized carbons (Fsp3) is 0.143. The molecule has 4 nitrogen and oxygen atoms in total. The third-order valence-electron chi connectivity index (χ3n) is 1.65. The van der Waals surface area contributed by atoms with Gasteiger partial charge < -0.3 is 4.65 Å². The summed E-state index contributed by atoms with van der Waals surface area (Å²) in [6.07, 6.45) is -4.36. The summed E-state index contributed by atoms with van der Waals surface area (Å²) in [5.41, 5.74) is -0.749. The first kappa shape index (κ1) is 10.3. The largest absolute Gasteiger partial charge is 0.775 e. The molecule has 1 saturated heterocycles. The molecule has 0 N–H and O–H groups in total. The lowest BCUT2D eigenvalue weighted by Gasteiger charge is -2.18. The highest BCUT2D eigenvalue weighted by molar-refractivity contribution is 6.37. The summed E-state index contributed by atoms with van der Waals surface area (Å²) in [6.45, 7) is 0. The smallest absolute Gasteiger partial charge is 0.509 e. The van der Waals surface area contributed by atoms with Crippen molar-refractivity contribution in [2.75, 3.05) is 0 Å². The van der Waals surface area contributed by atoms with Gasteiger partial charge in [-0.1, -0.05) is 5.04 Å². The lowest BCUT2D eigenvalue weighted by molar-refractivity contribution is -0.519. The van der Waals surface area contributed by atoms with Crippen LogP contribution in [0.2, 0.25) is 0 Å². The second kappa shape index (κ2) is 3.72. The standard InChI is InChI=1S/C7H4BF3O4/c9-7(10,11)5-1-3-6(4-2-5)12-8-13-15-14-8/h1-4H. The summed E-state index contributed by atoms with van der Waals surface area (Å²) in [5.74, 6) is 0.191. The summed E-state index contributed by atoms with van der Waals surface area (Å²) in [6, 6.07) is 4.12. The molecular weight excluding hydrogens is 216 g/mol. The number of hydrogen-bond acceptors (Lipinski definition) is 4. The molecule has 0 aromatic heterocycles. The zero-order valence-electron chi connectivity index (χ0n) is 7.15. The summed E-state index contributed by atoms with van der Waals surface area (Å²) in [4.78, 5) is 8.53. The van der Waals surface area contributed by atoms with Crippen LogP contribution in [-0.4, -0.2) is 7.32 Å². The van der Waals surface area contributed by atoms with Crippen LogP contribution in [0.4, 0.5) is 13.2 Å². The molecule has 1 heterocycles. The Morgan fingerprint density at radius 2 is 1.67 bits per heavy atom. The van der Waals surface area contributed by atoms with E-state index in [0.717, 1.165) is 24.3 Å². The van der Waals surface area contributed by atoms with Crippen LogP contribution in [0.15, 0.2) is 24.3 Å². The molecular formula is C7H4BF3O4. The second-order valence-electron chi connectivity index (χ2n) is 2.69. The van der Waals surface area contributed by atoms with E-state index in [4.69, 9.17) is 4.65 Å². The molecule has 0 spiro atoms. The zero-order chi connectivity index (χ0) is 10.9. The van der Waals surface area contributed by atoms with Gasteiger partial charge in [0.25, 0.3) is 0 Å². The number of alkyl halides is 3. The molecule has 0 amide bonds. The molecule has 0 radical (unpaired) electrons. The SMILES string of the molecule is FC(F)(F)c1ccc(OB2OOO2)cc1. The predicted octanol–water partition coefficient (Wildman–Crippen LogP) is 1.96. The van der Waals surface area contributed by atoms with E-state index < -0.39 is 19.1 Å². The molecule has 0 aliphatic carbocycles. The highest BCUT2D eigenvalue weighted by Gasteiger charge is 2.38. The molecule has 15 heavy (non-hydrogen) atoms. The van der Waals surface area contributed by atoms with Crippen molar-refractivity contribution in [2.24, 2.45) is 0 Å². The monoisotopic (exact) mass is 220 g/mol. The Morgan fingerprint density at radius 1 is 1.07 bits per heavy atom. The van der Waals surface area contributed by atoms with Gasteiger partial charge in [0.2, 0.25) is 0 Å². The summed E-state index contributed by atoms with van der Waals surface area (Å²) in [5, 5.41) is 3.88. The lowest BCUT2D eigenvalue weighted by Crippen LogP contribution is -2.39. The Kier molecular flexibility index (Phi) is 2.55. The molecule has 1 aromatic carbocycles. The van der Waals surface area contributed by atoms with Crippen molar-refractivity contribution in [3.8, 4) is 5.75 Å². The minimum Gasteiger partial charge on any atom is -0.509 e. The van der Waals surface area contributed by atoms with Gasteiger partial charge in [0, 0.05) is 0 Å². The van der Waals surface area contributed by atoms with Gasteiger partial charge in [0.1, 0.15) is 5.75 Å². The van der Waals surface area contributed by atoms with Crippen molar-refractivity contribution < 1.29 is 32.5 Å². The van der Waals surface area contributed by atoms with Gasteiger partial charge in [0.15, 0.2) is 0 Å². The Hall–Kier alpha value is -1.25. The Balaban J connectivity index is 2.03. The van der Waals surface area contributed by atoms with Crippen molar-refractivity contribution in [2.45, 2.75) is 6.18 Å². The Morgan fingerprint density at radius 3 is 2.07 bits per heavy atom. The maximum absolute atomic E-state index is 12.1. The van der Waals surface area contributed by atoms with Gasteiger partial charge >= 0.3 is 13.5 Å². The molecule has 80 valence electrons. The van der Waals surface area contributed by atoms with Crippen LogP contribution in [-0.2, 0) is 20.8 Å². The maximum Gasteiger partial charge on any atom is 0.775 e. The zero-order valence-corrected chi connectivity index (χ0v) is 7.15. The van der Waals surface area contributed by atoms with Crippen LogP contribution in [0.1, 0.15) is 5.56 Å². The first-order valence-electron chi connectivity index (χ1n) is 3.88. The second-order valence-corrected chi connectivity index (χ2v) is 2.69. The first-order valence-corrected chi connectivity index (χ1v) is 3.88.